The molecule has 24 heavy (non-hydrogen) atoms. The number of hydrogen-bond acceptors (Lipinski definition) is 4. The molecule has 0 saturated carbocycles. The standard InChI is InChI=1S/C18H24FNO4/c1-17(22)7-10-24-18(12-17)5-8-20(9-6-18)16(21)13-3-4-15(23-2)14(19)11-13/h3-4,11,22H,5-10,12H2,1-2H3. The van der Waals surface area contributed by atoms with E-state index in [0.717, 1.165) is 0 Å². The van der Waals surface area contributed by atoms with Gasteiger partial charge in [0.05, 0.1) is 24.9 Å². The molecule has 5 nitrogen and oxygen atoms in total. The van der Waals surface area contributed by atoms with Crippen molar-refractivity contribution in [3.05, 3.63) is 29.6 Å². The van der Waals surface area contributed by atoms with E-state index in [1.54, 1.807) is 11.0 Å². The third-order valence-electron chi connectivity index (χ3n) is 5.11. The van der Waals surface area contributed by atoms with Crippen LogP contribution in [0.2, 0.25) is 0 Å². The van der Waals surface area contributed by atoms with Gasteiger partial charge in [0.25, 0.3) is 5.91 Å². The number of hydrogen-bond donors (Lipinski definition) is 1. The Bertz CT molecular complexity index is 623. The molecule has 1 aromatic rings. The molecule has 0 radical (unpaired) electrons. The second-order valence-corrected chi connectivity index (χ2v) is 7.10. The summed E-state index contributed by atoms with van der Waals surface area (Å²) >= 11 is 0. The summed E-state index contributed by atoms with van der Waals surface area (Å²) in [6, 6.07) is 4.26. The summed E-state index contributed by atoms with van der Waals surface area (Å²) in [5.41, 5.74) is -0.728. The molecule has 1 atom stereocenters. The molecule has 6 heteroatoms. The lowest BCUT2D eigenvalue weighted by Gasteiger charge is -2.48. The van der Waals surface area contributed by atoms with Crippen molar-refractivity contribution in [2.24, 2.45) is 0 Å². The van der Waals surface area contributed by atoms with Gasteiger partial charge in [-0.2, -0.15) is 0 Å². The molecule has 1 spiro atoms. The van der Waals surface area contributed by atoms with Gasteiger partial charge in [0.2, 0.25) is 0 Å². The number of ether oxygens (including phenoxy) is 2. The van der Waals surface area contributed by atoms with Gasteiger partial charge < -0.3 is 19.5 Å². The predicted molar refractivity (Wildman–Crippen MR) is 86.6 cm³/mol. The number of aliphatic hydroxyl groups is 1. The van der Waals surface area contributed by atoms with Crippen LogP contribution in [0.15, 0.2) is 18.2 Å². The maximum Gasteiger partial charge on any atom is 0.253 e. The zero-order valence-electron chi connectivity index (χ0n) is 14.2. The van der Waals surface area contributed by atoms with Crippen molar-refractivity contribution in [1.82, 2.24) is 4.90 Å². The molecule has 3 rings (SSSR count). The van der Waals surface area contributed by atoms with E-state index in [-0.39, 0.29) is 17.3 Å². The van der Waals surface area contributed by atoms with Crippen LogP contribution >= 0.6 is 0 Å². The van der Waals surface area contributed by atoms with Crippen LogP contribution in [0.1, 0.15) is 43.0 Å². The first-order valence-electron chi connectivity index (χ1n) is 8.33. The van der Waals surface area contributed by atoms with Gasteiger partial charge >= 0.3 is 0 Å². The van der Waals surface area contributed by atoms with Crippen LogP contribution in [0.3, 0.4) is 0 Å². The van der Waals surface area contributed by atoms with E-state index in [0.29, 0.717) is 50.9 Å². The van der Waals surface area contributed by atoms with Crippen molar-refractivity contribution in [3.63, 3.8) is 0 Å². The van der Waals surface area contributed by atoms with E-state index >= 15 is 0 Å². The van der Waals surface area contributed by atoms with Gasteiger partial charge in [-0.25, -0.2) is 4.39 Å². The van der Waals surface area contributed by atoms with Crippen LogP contribution in [-0.2, 0) is 4.74 Å². The van der Waals surface area contributed by atoms with E-state index in [2.05, 4.69) is 0 Å². The van der Waals surface area contributed by atoms with Gasteiger partial charge in [0, 0.05) is 25.1 Å². The Labute approximate surface area is 141 Å². The fourth-order valence-electron chi connectivity index (χ4n) is 3.74. The Kier molecular flexibility index (Phi) is 4.53. The van der Waals surface area contributed by atoms with E-state index in [1.165, 1.54) is 19.2 Å². The summed E-state index contributed by atoms with van der Waals surface area (Å²) in [6.07, 6.45) is 2.61. The largest absolute Gasteiger partial charge is 0.494 e. The maximum atomic E-state index is 13.8. The summed E-state index contributed by atoms with van der Waals surface area (Å²) in [5.74, 6) is -0.598. The molecular formula is C18H24FNO4. The molecule has 0 bridgehead atoms. The van der Waals surface area contributed by atoms with Gasteiger partial charge in [0.15, 0.2) is 11.6 Å². The molecular weight excluding hydrogens is 313 g/mol. The van der Waals surface area contributed by atoms with Crippen LogP contribution in [0.5, 0.6) is 5.75 Å². The quantitative estimate of drug-likeness (QED) is 0.900. The molecule has 0 aliphatic carbocycles. The summed E-state index contributed by atoms with van der Waals surface area (Å²) in [4.78, 5) is 14.3. The Morgan fingerprint density at radius 1 is 1.33 bits per heavy atom. The molecule has 1 N–H and O–H groups in total. The lowest BCUT2D eigenvalue weighted by atomic mass is 9.78. The fraction of sp³-hybridized carbons (Fsp3) is 0.611. The van der Waals surface area contributed by atoms with E-state index < -0.39 is 11.4 Å². The second-order valence-electron chi connectivity index (χ2n) is 7.10. The molecule has 2 aliphatic rings. The van der Waals surface area contributed by atoms with Crippen molar-refractivity contribution in [3.8, 4) is 5.75 Å². The lowest BCUT2D eigenvalue weighted by molar-refractivity contribution is -0.170. The number of rotatable bonds is 2. The SMILES string of the molecule is COc1ccc(C(=O)N2CCC3(CC2)CC(C)(O)CCO3)cc1F. The second kappa shape index (κ2) is 6.33. The highest BCUT2D eigenvalue weighted by Crippen LogP contribution is 2.39. The lowest BCUT2D eigenvalue weighted by Crippen LogP contribution is -2.54. The number of amides is 1. The minimum Gasteiger partial charge on any atom is -0.494 e. The molecule has 1 amide bonds. The Hall–Kier alpha value is -1.66. The normalized spacial score (nSPS) is 26.4. The van der Waals surface area contributed by atoms with Crippen LogP contribution in [0.25, 0.3) is 0 Å². The molecule has 132 valence electrons. The van der Waals surface area contributed by atoms with Crippen LogP contribution in [0, 0.1) is 5.82 Å². The minimum atomic E-state index is -0.705. The average molecular weight is 337 g/mol. The molecule has 1 aromatic carbocycles. The first-order valence-corrected chi connectivity index (χ1v) is 8.33. The monoisotopic (exact) mass is 337 g/mol. The number of methoxy groups -OCH3 is 1. The number of halogens is 1. The number of nitrogens with zero attached hydrogens (tertiary/aromatic N) is 1. The third-order valence-corrected chi connectivity index (χ3v) is 5.11. The first kappa shape index (κ1) is 17.2. The number of piperidine rings is 1. The number of benzene rings is 1. The van der Waals surface area contributed by atoms with Crippen molar-refractivity contribution < 1.29 is 23.8 Å². The van der Waals surface area contributed by atoms with Gasteiger partial charge in [-0.15, -0.1) is 0 Å². The van der Waals surface area contributed by atoms with Gasteiger partial charge in [-0.3, -0.25) is 4.79 Å². The number of carbonyl (C=O) groups is 1. The number of likely N-dealkylation sites (tertiary alicyclic amines) is 1. The highest BCUT2D eigenvalue weighted by Gasteiger charge is 2.44. The minimum absolute atomic E-state index is 0.127. The zero-order chi connectivity index (χ0) is 17.4. The van der Waals surface area contributed by atoms with Crippen LogP contribution < -0.4 is 4.74 Å². The number of carbonyl (C=O) groups excluding carboxylic acids is 1. The van der Waals surface area contributed by atoms with Gasteiger partial charge in [-0.05, 0) is 44.4 Å². The van der Waals surface area contributed by atoms with Gasteiger partial charge in [0.1, 0.15) is 0 Å². The van der Waals surface area contributed by atoms with E-state index in [4.69, 9.17) is 9.47 Å². The Morgan fingerprint density at radius 2 is 2.04 bits per heavy atom. The fourth-order valence-corrected chi connectivity index (χ4v) is 3.74. The third kappa shape index (κ3) is 3.39. The van der Waals surface area contributed by atoms with Crippen molar-refractivity contribution in [2.75, 3.05) is 26.8 Å². The van der Waals surface area contributed by atoms with E-state index in [9.17, 15) is 14.3 Å². The molecule has 2 heterocycles. The molecule has 0 aromatic heterocycles. The van der Waals surface area contributed by atoms with Crippen LogP contribution in [0.4, 0.5) is 4.39 Å². The van der Waals surface area contributed by atoms with Crippen molar-refractivity contribution in [1.29, 1.82) is 0 Å². The average Bonchev–Trinajstić information content (AvgIpc) is 2.54. The Balaban J connectivity index is 1.66. The Morgan fingerprint density at radius 3 is 2.62 bits per heavy atom. The molecule has 2 aliphatic heterocycles. The summed E-state index contributed by atoms with van der Waals surface area (Å²) < 4.78 is 24.6. The highest BCUT2D eigenvalue weighted by atomic mass is 19.1. The van der Waals surface area contributed by atoms with Crippen molar-refractivity contribution >= 4 is 5.91 Å². The van der Waals surface area contributed by atoms with E-state index in [1.807, 2.05) is 6.92 Å². The van der Waals surface area contributed by atoms with Crippen LogP contribution in [-0.4, -0.2) is 53.9 Å². The highest BCUT2D eigenvalue weighted by molar-refractivity contribution is 5.94. The predicted octanol–water partition coefficient (Wildman–Crippen LogP) is 2.37. The first-order chi connectivity index (χ1) is 11.3. The van der Waals surface area contributed by atoms with Gasteiger partial charge in [-0.1, -0.05) is 0 Å². The summed E-state index contributed by atoms with van der Waals surface area (Å²) in [6.45, 7) is 3.48. The maximum absolute atomic E-state index is 13.8. The zero-order valence-corrected chi connectivity index (χ0v) is 14.2. The molecule has 2 fully saturated rings. The van der Waals surface area contributed by atoms with Crippen molar-refractivity contribution in [2.45, 2.75) is 43.8 Å². The topological polar surface area (TPSA) is 59.0 Å². The molecule has 1 unspecified atom stereocenters. The smallest absolute Gasteiger partial charge is 0.253 e. The summed E-state index contributed by atoms with van der Waals surface area (Å²) in [7, 11) is 1.39. The molecule has 2 saturated heterocycles. The summed E-state index contributed by atoms with van der Waals surface area (Å²) in [5, 5.41) is 10.3.